The van der Waals surface area contributed by atoms with Gasteiger partial charge in [-0.2, -0.15) is 13.8 Å². The maximum Gasteiger partial charge on any atom is 0.387 e. The van der Waals surface area contributed by atoms with Gasteiger partial charge in [0.25, 0.3) is 12.3 Å². The van der Waals surface area contributed by atoms with Crippen LogP contribution in [0.1, 0.15) is 20.3 Å². The van der Waals surface area contributed by atoms with Gasteiger partial charge in [-0.15, -0.1) is 0 Å². The fourth-order valence-electron chi connectivity index (χ4n) is 4.50. The Bertz CT molecular complexity index is 1080. The van der Waals surface area contributed by atoms with Gasteiger partial charge in [0.2, 0.25) is 5.95 Å². The largest absolute Gasteiger partial charge is 0.431 e. The van der Waals surface area contributed by atoms with Crippen molar-refractivity contribution in [3.63, 3.8) is 0 Å². The van der Waals surface area contributed by atoms with Crippen molar-refractivity contribution in [3.8, 4) is 17.0 Å². The van der Waals surface area contributed by atoms with Crippen LogP contribution in [0.15, 0.2) is 18.3 Å². The van der Waals surface area contributed by atoms with Crippen LogP contribution >= 0.6 is 0 Å². The number of pyridine rings is 1. The summed E-state index contributed by atoms with van der Waals surface area (Å²) in [6.45, 7) is 0.370. The second kappa shape index (κ2) is 10.1. The van der Waals surface area contributed by atoms with Crippen LogP contribution < -0.4 is 20.3 Å². The van der Waals surface area contributed by atoms with E-state index in [1.54, 1.807) is 11.0 Å². The molecule has 0 saturated carbocycles. The van der Waals surface area contributed by atoms with Gasteiger partial charge in [-0.05, 0) is 19.9 Å². The molecule has 2 fully saturated rings. The zero-order chi connectivity index (χ0) is 26.2. The monoisotopic (exact) mass is 519 g/mol. The van der Waals surface area contributed by atoms with E-state index in [1.165, 1.54) is 17.2 Å². The average Bonchev–Trinajstić information content (AvgIpc) is 3.16. The molecular weight excluding hydrogens is 492 g/mol. The molecule has 4 heterocycles. The van der Waals surface area contributed by atoms with E-state index in [9.17, 15) is 26.3 Å². The van der Waals surface area contributed by atoms with Crippen LogP contribution in [0, 0.1) is 0 Å². The van der Waals surface area contributed by atoms with Gasteiger partial charge in [-0.25, -0.2) is 27.5 Å². The van der Waals surface area contributed by atoms with Crippen molar-refractivity contribution < 1.29 is 31.1 Å². The van der Waals surface area contributed by atoms with Gasteiger partial charge in [-0.1, -0.05) is 0 Å². The van der Waals surface area contributed by atoms with Gasteiger partial charge in [-0.3, -0.25) is 4.90 Å². The van der Waals surface area contributed by atoms with E-state index in [0.717, 1.165) is 0 Å². The number of aromatic nitrogens is 3. The lowest BCUT2D eigenvalue weighted by Crippen LogP contribution is -2.57. The number of halogens is 6. The number of hydrogen-bond acceptors (Lipinski definition) is 8. The first-order valence-corrected chi connectivity index (χ1v) is 11.4. The van der Waals surface area contributed by atoms with Crippen LogP contribution in [0.25, 0.3) is 11.3 Å². The highest BCUT2D eigenvalue weighted by molar-refractivity contribution is 5.68. The highest BCUT2D eigenvalue weighted by Crippen LogP contribution is 2.34. The zero-order valence-electron chi connectivity index (χ0n) is 19.7. The third-order valence-corrected chi connectivity index (χ3v) is 6.33. The van der Waals surface area contributed by atoms with Crippen LogP contribution in [0.3, 0.4) is 0 Å². The Morgan fingerprint density at radius 1 is 1.11 bits per heavy atom. The fourth-order valence-corrected chi connectivity index (χ4v) is 4.50. The second-order valence-electron chi connectivity index (χ2n) is 9.12. The summed E-state index contributed by atoms with van der Waals surface area (Å²) in [5, 5.41) is 0. The van der Waals surface area contributed by atoms with Gasteiger partial charge in [0, 0.05) is 56.0 Å². The molecule has 2 aromatic heterocycles. The van der Waals surface area contributed by atoms with E-state index in [0.29, 0.717) is 18.9 Å². The molecule has 2 N–H and O–H groups in total. The Hall–Kier alpha value is -3.03. The molecule has 2 atom stereocenters. The van der Waals surface area contributed by atoms with Gasteiger partial charge in [0.15, 0.2) is 11.6 Å². The quantitative estimate of drug-likeness (QED) is 0.555. The molecule has 2 saturated heterocycles. The van der Waals surface area contributed by atoms with Crippen LogP contribution in [-0.4, -0.2) is 83.6 Å². The first-order chi connectivity index (χ1) is 16.9. The van der Waals surface area contributed by atoms with Crippen LogP contribution in [0.5, 0.6) is 5.75 Å². The summed E-state index contributed by atoms with van der Waals surface area (Å²) in [5.74, 6) is -3.05. The summed E-state index contributed by atoms with van der Waals surface area (Å²) in [6, 6.07) is 2.38. The molecule has 0 aromatic carbocycles. The molecule has 14 heteroatoms. The van der Waals surface area contributed by atoms with E-state index < -0.39 is 25.5 Å². The van der Waals surface area contributed by atoms with Gasteiger partial charge in [0.1, 0.15) is 5.82 Å². The summed E-state index contributed by atoms with van der Waals surface area (Å²) in [5.41, 5.74) is 6.16. The first-order valence-electron chi connectivity index (χ1n) is 11.4. The topological polar surface area (TPSA) is 83.6 Å². The average molecular weight is 519 g/mol. The van der Waals surface area contributed by atoms with Crippen molar-refractivity contribution >= 4 is 17.6 Å². The summed E-state index contributed by atoms with van der Waals surface area (Å²) in [4.78, 5) is 17.8. The molecule has 0 bridgehead atoms. The van der Waals surface area contributed by atoms with Crippen LogP contribution in [0.4, 0.5) is 43.9 Å². The Kier molecular flexibility index (Phi) is 7.34. The summed E-state index contributed by atoms with van der Waals surface area (Å²) in [6.07, 6.45) is -1.51. The minimum absolute atomic E-state index is 0.0315. The number of piperazine rings is 1. The molecule has 0 amide bonds. The van der Waals surface area contributed by atoms with Crippen LogP contribution in [-0.2, 0) is 0 Å². The van der Waals surface area contributed by atoms with Gasteiger partial charge in [0.05, 0.1) is 18.8 Å². The summed E-state index contributed by atoms with van der Waals surface area (Å²) in [7, 11) is 0. The van der Waals surface area contributed by atoms with Crippen LogP contribution in [0.2, 0.25) is 0 Å². The van der Waals surface area contributed by atoms with Gasteiger partial charge < -0.3 is 20.3 Å². The predicted octanol–water partition coefficient (Wildman–Crippen LogP) is 3.73. The third kappa shape index (κ3) is 5.85. The van der Waals surface area contributed by atoms with Crippen molar-refractivity contribution in [1.82, 2.24) is 19.9 Å². The summed E-state index contributed by atoms with van der Waals surface area (Å²) < 4.78 is 83.9. The fraction of sp³-hybridized carbons (Fsp3) is 0.591. The maximum atomic E-state index is 14.0. The lowest BCUT2D eigenvalue weighted by Gasteiger charge is -2.44. The minimum atomic E-state index is -3.13. The number of rotatable bonds is 7. The van der Waals surface area contributed by atoms with Crippen molar-refractivity contribution in [2.45, 2.75) is 51.3 Å². The van der Waals surface area contributed by atoms with Crippen molar-refractivity contribution in [1.29, 1.82) is 0 Å². The van der Waals surface area contributed by atoms with E-state index in [1.807, 2.05) is 18.7 Å². The smallest absolute Gasteiger partial charge is 0.387 e. The molecule has 0 unspecified atom stereocenters. The molecule has 198 valence electrons. The first kappa shape index (κ1) is 26.0. The molecule has 2 aliphatic heterocycles. The van der Waals surface area contributed by atoms with Crippen molar-refractivity contribution in [3.05, 3.63) is 18.3 Å². The number of hydrogen-bond donors (Lipinski definition) is 1. The van der Waals surface area contributed by atoms with Gasteiger partial charge >= 0.3 is 6.61 Å². The number of nitrogen functional groups attached to an aromatic ring is 1. The second-order valence-corrected chi connectivity index (χ2v) is 9.12. The molecule has 2 aromatic rings. The molecule has 0 radical (unpaired) electrons. The number of ether oxygens (including phenoxy) is 1. The highest BCUT2D eigenvalue weighted by Gasteiger charge is 2.40. The lowest BCUT2D eigenvalue weighted by atomic mass is 10.1. The highest BCUT2D eigenvalue weighted by atomic mass is 19.3. The molecule has 36 heavy (non-hydrogen) atoms. The molecular formula is C22H27F6N7O. The van der Waals surface area contributed by atoms with E-state index >= 15 is 0 Å². The van der Waals surface area contributed by atoms with Crippen molar-refractivity contribution in [2.75, 3.05) is 48.3 Å². The standard InChI is InChI=1S/C22H27F6N7O/c1-12-9-35(13(2)8-34(12)10-17(23)24)18-6-15(14-5-16(36-20(25)26)19(29)30-7-14)31-21(32-18)33-4-3-22(27,28)11-33/h5-7,12-13,17,20H,3-4,8-11H2,1-2H3,(H2,29,30)/t12-,13-/m0/s1. The SMILES string of the molecule is C[C@H]1CN(c2cc(-c3cnc(N)c(OC(F)F)c3)nc(N3CCC(F)(F)C3)n2)[C@@H](C)CN1CC(F)F. The molecule has 0 aliphatic carbocycles. The molecule has 2 aliphatic rings. The minimum Gasteiger partial charge on any atom is -0.431 e. The normalized spacial score (nSPS) is 22.6. The molecule has 8 nitrogen and oxygen atoms in total. The Balaban J connectivity index is 1.72. The zero-order valence-corrected chi connectivity index (χ0v) is 19.7. The molecule has 4 rings (SSSR count). The van der Waals surface area contributed by atoms with Crippen molar-refractivity contribution in [2.24, 2.45) is 0 Å². The Labute approximate surface area is 204 Å². The number of nitrogens with zero attached hydrogens (tertiary/aromatic N) is 6. The predicted molar refractivity (Wildman–Crippen MR) is 122 cm³/mol. The number of nitrogens with two attached hydrogens (primary N) is 1. The third-order valence-electron chi connectivity index (χ3n) is 6.33. The Morgan fingerprint density at radius 2 is 1.86 bits per heavy atom. The number of alkyl halides is 6. The lowest BCUT2D eigenvalue weighted by molar-refractivity contribution is -0.0494. The number of anilines is 3. The molecule has 0 spiro atoms. The van der Waals surface area contributed by atoms with E-state index in [2.05, 4.69) is 19.7 Å². The summed E-state index contributed by atoms with van der Waals surface area (Å²) >= 11 is 0. The Morgan fingerprint density at radius 3 is 2.50 bits per heavy atom. The maximum absolute atomic E-state index is 14.0. The van der Waals surface area contributed by atoms with E-state index in [4.69, 9.17) is 5.73 Å². The van der Waals surface area contributed by atoms with E-state index in [-0.39, 0.29) is 60.4 Å².